The van der Waals surface area contributed by atoms with Gasteiger partial charge in [-0.15, -0.1) is 0 Å². The summed E-state index contributed by atoms with van der Waals surface area (Å²) in [6.07, 6.45) is 0.412. The van der Waals surface area contributed by atoms with Crippen molar-refractivity contribution in [3.63, 3.8) is 0 Å². The van der Waals surface area contributed by atoms with E-state index in [4.69, 9.17) is 10.00 Å². The number of amides is 1. The van der Waals surface area contributed by atoms with Crippen molar-refractivity contribution in [2.24, 2.45) is 0 Å². The molecule has 0 spiro atoms. The third kappa shape index (κ3) is 3.22. The van der Waals surface area contributed by atoms with E-state index in [9.17, 15) is 4.79 Å². The number of hydrogen-bond donors (Lipinski definition) is 0. The zero-order chi connectivity index (χ0) is 14.0. The van der Waals surface area contributed by atoms with E-state index < -0.39 is 5.60 Å². The molecule has 0 aliphatic carbocycles. The van der Waals surface area contributed by atoms with E-state index in [2.05, 4.69) is 4.98 Å². The molecule has 5 nitrogen and oxygen atoms in total. The first-order valence-electron chi connectivity index (χ1n) is 6.26. The van der Waals surface area contributed by atoms with Crippen molar-refractivity contribution in [2.75, 3.05) is 6.54 Å². The molecule has 0 saturated heterocycles. The number of ether oxygens (including phenoxy) is 1. The van der Waals surface area contributed by atoms with Gasteiger partial charge in [-0.1, -0.05) is 6.07 Å². The quantitative estimate of drug-likeness (QED) is 0.716. The van der Waals surface area contributed by atoms with Gasteiger partial charge in [0, 0.05) is 6.54 Å². The third-order valence-electron chi connectivity index (χ3n) is 2.83. The summed E-state index contributed by atoms with van der Waals surface area (Å²) in [5, 5.41) is 8.85. The second kappa shape index (κ2) is 4.88. The maximum atomic E-state index is 12.0. The number of hydrogen-bond acceptors (Lipinski definition) is 4. The predicted octanol–water partition coefficient (Wildman–Crippen LogP) is 2.25. The lowest BCUT2D eigenvalue weighted by molar-refractivity contribution is 0.0221. The van der Waals surface area contributed by atoms with E-state index >= 15 is 0 Å². The number of carbonyl (C=O) groups is 1. The number of nitriles is 1. The van der Waals surface area contributed by atoms with E-state index in [1.165, 1.54) is 0 Å². The van der Waals surface area contributed by atoms with Gasteiger partial charge in [0.2, 0.25) is 0 Å². The summed E-state index contributed by atoms with van der Waals surface area (Å²) in [6.45, 7) is 6.55. The Morgan fingerprint density at radius 1 is 1.47 bits per heavy atom. The molecule has 2 rings (SSSR count). The Kier molecular flexibility index (Phi) is 3.43. The summed E-state index contributed by atoms with van der Waals surface area (Å²) in [5.41, 5.74) is 1.76. The number of rotatable bonds is 0. The maximum absolute atomic E-state index is 12.0. The molecule has 0 bridgehead atoms. The summed E-state index contributed by atoms with van der Waals surface area (Å²) in [7, 11) is 0. The number of fused-ring (bicyclic) bond motifs is 1. The fourth-order valence-electron chi connectivity index (χ4n) is 1.95. The topological polar surface area (TPSA) is 66.2 Å². The molecule has 1 amide bonds. The highest BCUT2D eigenvalue weighted by Crippen LogP contribution is 2.19. The van der Waals surface area contributed by atoms with Crippen molar-refractivity contribution < 1.29 is 9.53 Å². The Bertz CT molecular complexity index is 541. The lowest BCUT2D eigenvalue weighted by Crippen LogP contribution is -2.40. The van der Waals surface area contributed by atoms with Gasteiger partial charge in [-0.3, -0.25) is 0 Å². The van der Waals surface area contributed by atoms with Gasteiger partial charge >= 0.3 is 6.09 Å². The lowest BCUT2D eigenvalue weighted by atomic mass is 10.0. The number of carbonyl (C=O) groups excluding carboxylic acids is 1. The molecule has 0 radical (unpaired) electrons. The molecular formula is C14H17N3O2. The van der Waals surface area contributed by atoms with Crippen molar-refractivity contribution in [1.29, 1.82) is 5.26 Å². The Hall–Kier alpha value is -2.09. The van der Waals surface area contributed by atoms with E-state index in [1.54, 1.807) is 11.0 Å². The summed E-state index contributed by atoms with van der Waals surface area (Å²) in [6, 6.07) is 5.63. The van der Waals surface area contributed by atoms with Crippen LogP contribution in [0, 0.1) is 11.3 Å². The van der Waals surface area contributed by atoms with Crippen LogP contribution >= 0.6 is 0 Å². The van der Waals surface area contributed by atoms with Crippen LogP contribution in [0.25, 0.3) is 0 Å². The van der Waals surface area contributed by atoms with Crippen LogP contribution in [0.1, 0.15) is 37.7 Å². The van der Waals surface area contributed by atoms with Gasteiger partial charge in [-0.2, -0.15) is 5.26 Å². The van der Waals surface area contributed by atoms with Gasteiger partial charge in [0.15, 0.2) is 0 Å². The summed E-state index contributed by atoms with van der Waals surface area (Å²) >= 11 is 0. The van der Waals surface area contributed by atoms with Crippen LogP contribution in [0.5, 0.6) is 0 Å². The molecule has 0 atom stereocenters. The highest BCUT2D eigenvalue weighted by atomic mass is 16.6. The highest BCUT2D eigenvalue weighted by Gasteiger charge is 2.26. The number of nitrogens with zero attached hydrogens (tertiary/aromatic N) is 3. The molecular weight excluding hydrogens is 242 g/mol. The largest absolute Gasteiger partial charge is 0.444 e. The lowest BCUT2D eigenvalue weighted by Gasteiger charge is -2.30. The van der Waals surface area contributed by atoms with Crippen molar-refractivity contribution in [2.45, 2.75) is 39.3 Å². The van der Waals surface area contributed by atoms with E-state index in [-0.39, 0.29) is 6.09 Å². The predicted molar refractivity (Wildman–Crippen MR) is 69.3 cm³/mol. The average molecular weight is 259 g/mol. The number of pyridine rings is 1. The first-order chi connectivity index (χ1) is 8.89. The molecule has 100 valence electrons. The minimum atomic E-state index is -0.501. The van der Waals surface area contributed by atoms with Crippen molar-refractivity contribution in [3.8, 4) is 6.07 Å². The fraction of sp³-hybridized carbons (Fsp3) is 0.500. The molecule has 2 heterocycles. The third-order valence-corrected chi connectivity index (χ3v) is 2.83. The first kappa shape index (κ1) is 13.3. The van der Waals surface area contributed by atoms with Crippen LogP contribution in [0.3, 0.4) is 0 Å². The minimum absolute atomic E-state index is 0.331. The number of aromatic nitrogens is 1. The van der Waals surface area contributed by atoms with Crippen LogP contribution in [0.4, 0.5) is 4.79 Å². The zero-order valence-electron chi connectivity index (χ0n) is 11.4. The zero-order valence-corrected chi connectivity index (χ0v) is 11.4. The molecule has 0 N–H and O–H groups in total. The van der Waals surface area contributed by atoms with E-state index in [1.807, 2.05) is 32.9 Å². The van der Waals surface area contributed by atoms with Gasteiger partial charge in [0.05, 0.1) is 12.2 Å². The molecule has 1 aromatic heterocycles. The molecule has 1 aromatic rings. The van der Waals surface area contributed by atoms with Gasteiger partial charge < -0.3 is 9.64 Å². The fourth-order valence-corrected chi connectivity index (χ4v) is 1.95. The Labute approximate surface area is 112 Å². The second-order valence-electron chi connectivity index (χ2n) is 5.57. The van der Waals surface area contributed by atoms with Gasteiger partial charge in [0.1, 0.15) is 17.4 Å². The summed E-state index contributed by atoms with van der Waals surface area (Å²) in [4.78, 5) is 17.9. The molecule has 0 aromatic carbocycles. The molecule has 0 unspecified atom stereocenters. The van der Waals surface area contributed by atoms with E-state index in [0.29, 0.717) is 18.8 Å². The standard InChI is InChI=1S/C14H17N3O2/c1-14(2,3)19-13(18)17-7-6-10-4-5-11(8-15)16-12(10)9-17/h4-5H,6-7,9H2,1-3H3. The Morgan fingerprint density at radius 3 is 2.84 bits per heavy atom. The second-order valence-corrected chi connectivity index (χ2v) is 5.57. The normalized spacial score (nSPS) is 14.5. The van der Waals surface area contributed by atoms with Crippen LogP contribution in [0.15, 0.2) is 12.1 Å². The molecule has 0 saturated carbocycles. The van der Waals surface area contributed by atoms with Gasteiger partial charge in [-0.05, 0) is 38.8 Å². The average Bonchev–Trinajstić information content (AvgIpc) is 2.35. The molecule has 1 aliphatic rings. The molecule has 1 aliphatic heterocycles. The van der Waals surface area contributed by atoms with Crippen LogP contribution in [0.2, 0.25) is 0 Å². The molecule has 0 fully saturated rings. The van der Waals surface area contributed by atoms with Crippen LogP contribution < -0.4 is 0 Å². The van der Waals surface area contributed by atoms with E-state index in [0.717, 1.165) is 17.7 Å². The van der Waals surface area contributed by atoms with Crippen LogP contribution in [-0.2, 0) is 17.7 Å². The van der Waals surface area contributed by atoms with Crippen LogP contribution in [-0.4, -0.2) is 28.1 Å². The summed E-state index contributed by atoms with van der Waals surface area (Å²) in [5.74, 6) is 0. The van der Waals surface area contributed by atoms with Gasteiger partial charge in [-0.25, -0.2) is 9.78 Å². The van der Waals surface area contributed by atoms with Crippen molar-refractivity contribution in [3.05, 3.63) is 29.1 Å². The smallest absolute Gasteiger partial charge is 0.410 e. The Balaban J connectivity index is 2.13. The highest BCUT2D eigenvalue weighted by molar-refractivity contribution is 5.68. The summed E-state index contributed by atoms with van der Waals surface area (Å²) < 4.78 is 5.34. The minimum Gasteiger partial charge on any atom is -0.444 e. The first-order valence-corrected chi connectivity index (χ1v) is 6.26. The molecule has 5 heteroatoms. The SMILES string of the molecule is CC(C)(C)OC(=O)N1CCc2ccc(C#N)nc2C1. The van der Waals surface area contributed by atoms with Gasteiger partial charge in [0.25, 0.3) is 0 Å². The maximum Gasteiger partial charge on any atom is 0.410 e. The Morgan fingerprint density at radius 2 is 2.21 bits per heavy atom. The van der Waals surface area contributed by atoms with Crippen molar-refractivity contribution in [1.82, 2.24) is 9.88 Å². The molecule has 19 heavy (non-hydrogen) atoms. The van der Waals surface area contributed by atoms with Crippen molar-refractivity contribution >= 4 is 6.09 Å². The monoisotopic (exact) mass is 259 g/mol.